The summed E-state index contributed by atoms with van der Waals surface area (Å²) in [7, 11) is 0. The van der Waals surface area contributed by atoms with Gasteiger partial charge in [-0.1, -0.05) is 23.2 Å². The van der Waals surface area contributed by atoms with Gasteiger partial charge in [0.25, 0.3) is 5.91 Å². The van der Waals surface area contributed by atoms with Crippen LogP contribution in [-0.2, 0) is 4.79 Å². The van der Waals surface area contributed by atoms with E-state index in [4.69, 9.17) is 28.6 Å². The number of hydrogen-bond acceptors (Lipinski definition) is 4. The highest BCUT2D eigenvalue weighted by molar-refractivity contribution is 8.26. The quantitative estimate of drug-likeness (QED) is 0.753. The number of carbonyl (C=O) groups excluding carboxylic acids is 1. The lowest BCUT2D eigenvalue weighted by atomic mass is 10.1. The molecule has 0 saturated carbocycles. The summed E-state index contributed by atoms with van der Waals surface area (Å²) < 4.78 is 1.85. The van der Waals surface area contributed by atoms with Gasteiger partial charge >= 0.3 is 0 Å². The van der Waals surface area contributed by atoms with E-state index in [0.717, 1.165) is 10.7 Å². The van der Waals surface area contributed by atoms with Crippen molar-refractivity contribution in [1.29, 1.82) is 5.41 Å². The number of nitrogens with one attached hydrogen (secondary N) is 1. The van der Waals surface area contributed by atoms with Crippen LogP contribution >= 0.6 is 35.0 Å². The largest absolute Gasteiger partial charge is 0.317 e. The minimum Gasteiger partial charge on any atom is -0.317 e. The van der Waals surface area contributed by atoms with Crippen molar-refractivity contribution in [1.82, 2.24) is 9.58 Å². The van der Waals surface area contributed by atoms with Crippen LogP contribution in [0.5, 0.6) is 0 Å². The fourth-order valence-electron chi connectivity index (χ4n) is 2.62. The second-order valence-electron chi connectivity index (χ2n) is 5.54. The number of thioether (sulfide) groups is 1. The number of hydrogen-bond donors (Lipinski definition) is 1. The van der Waals surface area contributed by atoms with Crippen molar-refractivity contribution in [3.05, 3.63) is 57.8 Å². The minimum absolute atomic E-state index is 0.00578. The molecule has 0 radical (unpaired) electrons. The maximum absolute atomic E-state index is 12.4. The number of hydrazone groups is 1. The van der Waals surface area contributed by atoms with E-state index in [1.165, 1.54) is 16.8 Å². The van der Waals surface area contributed by atoms with Crippen molar-refractivity contribution in [3.63, 3.8) is 0 Å². The number of aromatic nitrogens is 1. The average Bonchev–Trinajstić information content (AvgIpc) is 3.20. The normalized spacial score (nSPS) is 18.3. The van der Waals surface area contributed by atoms with Crippen molar-refractivity contribution >= 4 is 63.0 Å². The lowest BCUT2D eigenvalue weighted by molar-refractivity contribution is -0.114. The van der Waals surface area contributed by atoms with Gasteiger partial charge in [0.05, 0.1) is 20.7 Å². The van der Waals surface area contributed by atoms with Gasteiger partial charge in [-0.2, -0.15) is 15.1 Å². The summed E-state index contributed by atoms with van der Waals surface area (Å²) in [6.07, 6.45) is 3.47. The monoisotopic (exact) mass is 403 g/mol. The Balaban J connectivity index is 1.76. The molecule has 2 aromatic rings. The molecule has 2 aliphatic rings. The predicted octanol–water partition coefficient (Wildman–Crippen LogP) is 4.42. The summed E-state index contributed by atoms with van der Waals surface area (Å²) in [4.78, 5) is 16.4. The van der Waals surface area contributed by atoms with Gasteiger partial charge in [0, 0.05) is 17.6 Å². The molecule has 0 aliphatic carbocycles. The molecule has 0 fully saturated rings. The number of amides is 1. The number of fused-ring (bicyclic) bond motifs is 1. The number of nitrogens with zero attached hydrogens (tertiary/aromatic N) is 4. The molecule has 1 aromatic carbocycles. The van der Waals surface area contributed by atoms with Crippen molar-refractivity contribution in [2.45, 2.75) is 6.92 Å². The van der Waals surface area contributed by atoms with Crippen LogP contribution < -0.4 is 0 Å². The highest BCUT2D eigenvalue weighted by Gasteiger charge is 2.34. The number of rotatable bonds is 2. The third-order valence-electron chi connectivity index (χ3n) is 3.81. The van der Waals surface area contributed by atoms with Gasteiger partial charge in [-0.3, -0.25) is 10.2 Å². The molecule has 0 saturated heterocycles. The van der Waals surface area contributed by atoms with Crippen LogP contribution in [0.3, 0.4) is 0 Å². The summed E-state index contributed by atoms with van der Waals surface area (Å²) in [6, 6.07) is 8.95. The molecule has 130 valence electrons. The van der Waals surface area contributed by atoms with Gasteiger partial charge in [0.15, 0.2) is 5.84 Å². The average molecular weight is 404 g/mol. The first-order valence-corrected chi connectivity index (χ1v) is 9.11. The van der Waals surface area contributed by atoms with E-state index < -0.39 is 5.91 Å². The number of halogens is 2. The Labute approximate surface area is 163 Å². The minimum atomic E-state index is -0.458. The smallest absolute Gasteiger partial charge is 0.283 e. The van der Waals surface area contributed by atoms with Gasteiger partial charge < -0.3 is 4.57 Å². The molecule has 9 heteroatoms. The summed E-state index contributed by atoms with van der Waals surface area (Å²) in [5.74, 6) is -0.452. The van der Waals surface area contributed by atoms with Crippen molar-refractivity contribution in [2.75, 3.05) is 0 Å². The van der Waals surface area contributed by atoms with E-state index in [9.17, 15) is 4.79 Å². The first kappa shape index (κ1) is 17.1. The van der Waals surface area contributed by atoms with E-state index in [2.05, 4.69) is 10.1 Å². The highest BCUT2D eigenvalue weighted by atomic mass is 35.5. The fourth-order valence-corrected chi connectivity index (χ4v) is 3.64. The second kappa shape index (κ2) is 6.42. The van der Waals surface area contributed by atoms with Crippen molar-refractivity contribution < 1.29 is 4.79 Å². The third kappa shape index (κ3) is 2.88. The molecule has 1 N–H and O–H groups in total. The zero-order chi connectivity index (χ0) is 18.4. The Morgan fingerprint density at radius 2 is 2.04 bits per heavy atom. The Morgan fingerprint density at radius 3 is 2.81 bits per heavy atom. The third-order valence-corrected chi connectivity index (χ3v) is 5.37. The predicted molar refractivity (Wildman–Crippen MR) is 106 cm³/mol. The summed E-state index contributed by atoms with van der Waals surface area (Å²) in [6.45, 7) is 1.81. The van der Waals surface area contributed by atoms with Crippen LogP contribution in [0.1, 0.15) is 12.6 Å². The molecule has 0 unspecified atom stereocenters. The Bertz CT molecular complexity index is 1050. The van der Waals surface area contributed by atoms with E-state index in [-0.39, 0.29) is 11.4 Å². The Morgan fingerprint density at radius 1 is 1.23 bits per heavy atom. The zero-order valence-electron chi connectivity index (χ0n) is 13.4. The molecule has 0 spiro atoms. The summed E-state index contributed by atoms with van der Waals surface area (Å²) in [5.41, 5.74) is 1.68. The van der Waals surface area contributed by atoms with Crippen LogP contribution in [-0.4, -0.2) is 31.5 Å². The molecule has 6 nitrogen and oxygen atoms in total. The number of carbonyl (C=O) groups is 1. The summed E-state index contributed by atoms with van der Waals surface area (Å²) >= 11 is 13.4. The molecule has 0 atom stereocenters. The lowest BCUT2D eigenvalue weighted by Gasteiger charge is -2.20. The van der Waals surface area contributed by atoms with Crippen LogP contribution in [0.15, 0.2) is 52.2 Å². The van der Waals surface area contributed by atoms with Crippen LogP contribution in [0.4, 0.5) is 0 Å². The SMILES string of the molecule is CC1=NN2C(=N)/C(=C\c3cccn3-c3ccc(Cl)c(Cl)c3)C(=O)N=C2S1. The number of amidine groups is 2. The number of aliphatic imine (C=N–C) groups is 1. The number of benzene rings is 1. The second-order valence-corrected chi connectivity index (χ2v) is 7.51. The van der Waals surface area contributed by atoms with E-state index in [1.807, 2.05) is 35.9 Å². The van der Waals surface area contributed by atoms with E-state index in [0.29, 0.717) is 20.9 Å². The lowest BCUT2D eigenvalue weighted by Crippen LogP contribution is -2.35. The van der Waals surface area contributed by atoms with Crippen molar-refractivity contribution in [2.24, 2.45) is 10.1 Å². The van der Waals surface area contributed by atoms with Gasteiger partial charge in [-0.25, -0.2) is 0 Å². The van der Waals surface area contributed by atoms with E-state index in [1.54, 1.807) is 18.2 Å². The molecular formula is C17H11Cl2N5OS. The molecule has 1 amide bonds. The van der Waals surface area contributed by atoms with Gasteiger partial charge in [-0.05, 0) is 55.1 Å². The maximum Gasteiger partial charge on any atom is 0.283 e. The van der Waals surface area contributed by atoms with Gasteiger partial charge in [0.2, 0.25) is 5.17 Å². The molecular weight excluding hydrogens is 393 g/mol. The van der Waals surface area contributed by atoms with Crippen LogP contribution in [0.2, 0.25) is 10.0 Å². The molecule has 3 heterocycles. The molecule has 2 aliphatic heterocycles. The van der Waals surface area contributed by atoms with Crippen LogP contribution in [0.25, 0.3) is 11.8 Å². The van der Waals surface area contributed by atoms with Gasteiger partial charge in [-0.15, -0.1) is 0 Å². The van der Waals surface area contributed by atoms with Crippen LogP contribution in [0, 0.1) is 5.41 Å². The standard InChI is InChI=1S/C17H11Cl2N5OS/c1-9-22-24-15(20)12(16(25)21-17(24)26-9)7-10-3-2-6-23(10)11-4-5-13(18)14(19)8-11/h2-8,20H,1H3/b12-7+,20-15?. The van der Waals surface area contributed by atoms with Gasteiger partial charge in [0.1, 0.15) is 0 Å². The first-order valence-electron chi connectivity index (χ1n) is 7.53. The molecule has 0 bridgehead atoms. The molecule has 26 heavy (non-hydrogen) atoms. The first-order chi connectivity index (χ1) is 12.4. The van der Waals surface area contributed by atoms with E-state index >= 15 is 0 Å². The Hall–Kier alpha value is -2.35. The summed E-state index contributed by atoms with van der Waals surface area (Å²) in [5, 5.41) is 16.0. The molecule has 1 aromatic heterocycles. The maximum atomic E-state index is 12.4. The Kier molecular flexibility index (Phi) is 4.22. The highest BCUT2D eigenvalue weighted by Crippen LogP contribution is 2.29. The zero-order valence-corrected chi connectivity index (χ0v) is 15.7. The fraction of sp³-hybridized carbons (Fsp3) is 0.0588. The molecule has 4 rings (SSSR count). The topological polar surface area (TPSA) is 73.8 Å². The van der Waals surface area contributed by atoms with Crippen molar-refractivity contribution in [3.8, 4) is 5.69 Å².